The van der Waals surface area contributed by atoms with Crippen LogP contribution in [0.5, 0.6) is 0 Å². The zero-order valence-corrected chi connectivity index (χ0v) is 21.7. The predicted octanol–water partition coefficient (Wildman–Crippen LogP) is 3.67. The molecule has 0 atom stereocenters. The van der Waals surface area contributed by atoms with Crippen molar-refractivity contribution >= 4 is 52.5 Å². The van der Waals surface area contributed by atoms with Crippen LogP contribution in [0.15, 0.2) is 48.8 Å². The standard InChI is InChI=1S/C23H26N8O3.CH2Cl2/c32-23(26-19-5-7-24-8-6-19)25-18-3-1-17(2-4-18)20-27-21(30-9-13-33-14-10-30)29-22(28-20)31-11-15-34-16-12-31;2-1-3/h1-8H,9-16H2,(H2,24,25,26,32);1H2. The lowest BCUT2D eigenvalue weighted by molar-refractivity contribution is 0.121. The molecule has 2 amide bonds. The minimum Gasteiger partial charge on any atom is -0.378 e. The van der Waals surface area contributed by atoms with Crippen molar-refractivity contribution in [3.8, 4) is 11.4 Å². The maximum absolute atomic E-state index is 12.3. The first-order chi connectivity index (χ1) is 18.2. The van der Waals surface area contributed by atoms with Gasteiger partial charge in [0, 0.05) is 55.5 Å². The summed E-state index contributed by atoms with van der Waals surface area (Å²) in [5.41, 5.74) is 2.17. The van der Waals surface area contributed by atoms with E-state index in [9.17, 15) is 4.79 Å². The highest BCUT2D eigenvalue weighted by Gasteiger charge is 2.21. The number of hydrogen-bond donors (Lipinski definition) is 2. The Morgan fingerprint density at radius 3 is 1.70 bits per heavy atom. The lowest BCUT2D eigenvalue weighted by Crippen LogP contribution is -2.40. The molecule has 1 aromatic carbocycles. The minimum atomic E-state index is -0.330. The zero-order chi connectivity index (χ0) is 25.9. The Labute approximate surface area is 225 Å². The van der Waals surface area contributed by atoms with Crippen LogP contribution in [-0.4, -0.2) is 83.9 Å². The molecule has 2 aliphatic rings. The largest absolute Gasteiger partial charge is 0.378 e. The summed E-state index contributed by atoms with van der Waals surface area (Å²) in [7, 11) is 0. The van der Waals surface area contributed by atoms with E-state index in [4.69, 9.17) is 47.6 Å². The lowest BCUT2D eigenvalue weighted by Gasteiger charge is -2.30. The topological polar surface area (TPSA) is 118 Å². The second kappa shape index (κ2) is 13.9. The molecule has 2 aliphatic heterocycles. The molecule has 37 heavy (non-hydrogen) atoms. The Hall–Kier alpha value is -3.25. The van der Waals surface area contributed by atoms with Gasteiger partial charge in [-0.25, -0.2) is 4.79 Å². The van der Waals surface area contributed by atoms with Crippen LogP contribution in [0.1, 0.15) is 0 Å². The summed E-state index contributed by atoms with van der Waals surface area (Å²) in [6.45, 7) is 5.54. The molecule has 3 aromatic rings. The van der Waals surface area contributed by atoms with Crippen molar-refractivity contribution in [1.82, 2.24) is 19.9 Å². The monoisotopic (exact) mass is 546 g/mol. The number of benzene rings is 1. The van der Waals surface area contributed by atoms with Crippen LogP contribution >= 0.6 is 23.2 Å². The molecule has 196 valence electrons. The van der Waals surface area contributed by atoms with E-state index in [0.717, 1.165) is 31.7 Å². The van der Waals surface area contributed by atoms with Crippen LogP contribution in [-0.2, 0) is 9.47 Å². The van der Waals surface area contributed by atoms with Crippen LogP contribution in [0.3, 0.4) is 0 Å². The molecule has 0 bridgehead atoms. The van der Waals surface area contributed by atoms with Gasteiger partial charge in [0.25, 0.3) is 0 Å². The van der Waals surface area contributed by atoms with E-state index < -0.39 is 0 Å². The fourth-order valence-electron chi connectivity index (χ4n) is 3.72. The number of urea groups is 1. The Morgan fingerprint density at radius 1 is 0.757 bits per heavy atom. The van der Waals surface area contributed by atoms with Crippen molar-refractivity contribution in [3.05, 3.63) is 48.8 Å². The van der Waals surface area contributed by atoms with Crippen molar-refractivity contribution in [2.75, 3.05) is 78.4 Å². The molecule has 2 fully saturated rings. The van der Waals surface area contributed by atoms with Gasteiger partial charge in [0.05, 0.1) is 31.8 Å². The third-order valence-corrected chi connectivity index (χ3v) is 5.54. The smallest absolute Gasteiger partial charge is 0.323 e. The van der Waals surface area contributed by atoms with Gasteiger partial charge in [-0.3, -0.25) is 4.98 Å². The van der Waals surface area contributed by atoms with Gasteiger partial charge in [-0.15, -0.1) is 23.2 Å². The summed E-state index contributed by atoms with van der Waals surface area (Å²) < 4.78 is 11.0. The molecule has 13 heteroatoms. The third-order valence-electron chi connectivity index (χ3n) is 5.54. The average Bonchev–Trinajstić information content (AvgIpc) is 2.95. The number of pyridine rings is 1. The van der Waals surface area contributed by atoms with Crippen molar-refractivity contribution in [2.45, 2.75) is 0 Å². The normalized spacial score (nSPS) is 15.4. The fourth-order valence-corrected chi connectivity index (χ4v) is 3.72. The summed E-state index contributed by atoms with van der Waals surface area (Å²) in [6.07, 6.45) is 3.24. The minimum absolute atomic E-state index is 0.194. The maximum Gasteiger partial charge on any atom is 0.323 e. The number of carbonyl (C=O) groups excluding carboxylic acids is 1. The molecule has 2 aromatic heterocycles. The number of aromatic nitrogens is 4. The summed E-state index contributed by atoms with van der Waals surface area (Å²) in [4.78, 5) is 34.7. The van der Waals surface area contributed by atoms with Gasteiger partial charge in [-0.1, -0.05) is 0 Å². The van der Waals surface area contributed by atoms with Crippen LogP contribution in [0.2, 0.25) is 0 Å². The van der Waals surface area contributed by atoms with Crippen molar-refractivity contribution in [3.63, 3.8) is 0 Å². The van der Waals surface area contributed by atoms with Gasteiger partial charge < -0.3 is 29.9 Å². The number of nitrogens with zero attached hydrogens (tertiary/aromatic N) is 6. The Balaban J connectivity index is 0.00000102. The van der Waals surface area contributed by atoms with E-state index in [1.54, 1.807) is 24.5 Å². The summed E-state index contributed by atoms with van der Waals surface area (Å²) in [5.74, 6) is 1.88. The van der Waals surface area contributed by atoms with E-state index in [2.05, 4.69) is 25.4 Å². The number of carbonyl (C=O) groups is 1. The van der Waals surface area contributed by atoms with E-state index in [1.165, 1.54) is 0 Å². The van der Waals surface area contributed by atoms with Crippen LogP contribution in [0.4, 0.5) is 28.1 Å². The highest BCUT2D eigenvalue weighted by molar-refractivity contribution is 6.40. The second-order valence-corrected chi connectivity index (χ2v) is 8.76. The predicted molar refractivity (Wildman–Crippen MR) is 145 cm³/mol. The number of ether oxygens (including phenoxy) is 2. The molecular weight excluding hydrogens is 519 g/mol. The molecule has 5 rings (SSSR count). The van der Waals surface area contributed by atoms with Crippen LogP contribution < -0.4 is 20.4 Å². The molecule has 2 saturated heterocycles. The first kappa shape index (κ1) is 26.8. The molecule has 0 saturated carbocycles. The highest BCUT2D eigenvalue weighted by atomic mass is 35.5. The van der Waals surface area contributed by atoms with E-state index in [1.807, 2.05) is 24.3 Å². The number of rotatable bonds is 5. The molecule has 11 nitrogen and oxygen atoms in total. The molecule has 4 heterocycles. The van der Waals surface area contributed by atoms with Crippen molar-refractivity contribution in [1.29, 1.82) is 0 Å². The SMILES string of the molecule is ClCCl.O=C(Nc1ccncc1)Nc1ccc(-c2nc(N3CCOCC3)nc(N3CCOCC3)n2)cc1. The number of nitrogens with one attached hydrogen (secondary N) is 2. The lowest BCUT2D eigenvalue weighted by atomic mass is 10.2. The van der Waals surface area contributed by atoms with E-state index in [-0.39, 0.29) is 11.4 Å². The first-order valence-corrected chi connectivity index (χ1v) is 12.8. The van der Waals surface area contributed by atoms with E-state index >= 15 is 0 Å². The molecule has 0 radical (unpaired) electrons. The highest BCUT2D eigenvalue weighted by Crippen LogP contribution is 2.24. The quantitative estimate of drug-likeness (QED) is 0.462. The van der Waals surface area contributed by atoms with Gasteiger partial charge in [0.1, 0.15) is 0 Å². The number of anilines is 4. The van der Waals surface area contributed by atoms with Gasteiger partial charge in [-0.2, -0.15) is 15.0 Å². The Morgan fingerprint density at radius 2 is 1.22 bits per heavy atom. The van der Waals surface area contributed by atoms with Gasteiger partial charge >= 0.3 is 6.03 Å². The molecular formula is C24H28Cl2N8O3. The number of alkyl halides is 2. The maximum atomic E-state index is 12.3. The second-order valence-electron chi connectivity index (χ2n) is 7.95. The summed E-state index contributed by atoms with van der Waals surface area (Å²) in [6, 6.07) is 10.6. The molecule has 0 unspecified atom stereocenters. The third kappa shape index (κ3) is 7.86. The Bertz CT molecular complexity index is 1090. The zero-order valence-electron chi connectivity index (χ0n) is 20.1. The first-order valence-electron chi connectivity index (χ1n) is 11.8. The molecule has 2 N–H and O–H groups in total. The van der Waals surface area contributed by atoms with Crippen LogP contribution in [0.25, 0.3) is 11.4 Å². The number of morpholine rings is 2. The van der Waals surface area contributed by atoms with Gasteiger partial charge in [0.15, 0.2) is 5.82 Å². The summed E-state index contributed by atoms with van der Waals surface area (Å²) >= 11 is 9.53. The number of hydrogen-bond acceptors (Lipinski definition) is 9. The summed E-state index contributed by atoms with van der Waals surface area (Å²) in [5, 5.41) is 5.79. The Kier molecular flexibility index (Phi) is 10.1. The number of amides is 2. The molecule has 0 spiro atoms. The molecule has 0 aliphatic carbocycles. The van der Waals surface area contributed by atoms with Gasteiger partial charge in [-0.05, 0) is 36.4 Å². The van der Waals surface area contributed by atoms with Crippen molar-refractivity contribution in [2.24, 2.45) is 0 Å². The number of halogens is 2. The fraction of sp³-hybridized carbons (Fsp3) is 0.375. The van der Waals surface area contributed by atoms with Crippen LogP contribution in [0, 0.1) is 0 Å². The van der Waals surface area contributed by atoms with Crippen molar-refractivity contribution < 1.29 is 14.3 Å². The van der Waals surface area contributed by atoms with E-state index in [0.29, 0.717) is 55.5 Å². The average molecular weight is 547 g/mol. The van der Waals surface area contributed by atoms with Gasteiger partial charge in [0.2, 0.25) is 11.9 Å².